The standard InChI is InChI=1S/C20H16O3/c1-23-20(22)19-16(9-5-11-18(19)21)13-12-15-8-4-7-14-6-2-3-10-17(14)15/h2-13,21H,1H3/b13-12+. The van der Waals surface area contributed by atoms with Gasteiger partial charge in [0.25, 0.3) is 0 Å². The number of hydrogen-bond acceptors (Lipinski definition) is 3. The molecule has 3 aromatic rings. The number of carbonyl (C=O) groups excluding carboxylic acids is 1. The average molecular weight is 304 g/mol. The Morgan fingerprint density at radius 2 is 1.57 bits per heavy atom. The zero-order valence-electron chi connectivity index (χ0n) is 12.7. The summed E-state index contributed by atoms with van der Waals surface area (Å²) in [4.78, 5) is 11.9. The lowest BCUT2D eigenvalue weighted by molar-refractivity contribution is 0.0597. The smallest absolute Gasteiger partial charge is 0.342 e. The maximum atomic E-state index is 11.9. The van der Waals surface area contributed by atoms with E-state index >= 15 is 0 Å². The van der Waals surface area contributed by atoms with Crippen molar-refractivity contribution in [3.8, 4) is 5.75 Å². The van der Waals surface area contributed by atoms with Gasteiger partial charge in [0, 0.05) is 0 Å². The van der Waals surface area contributed by atoms with E-state index < -0.39 is 5.97 Å². The number of aromatic hydroxyl groups is 1. The minimum absolute atomic E-state index is 0.0862. The molecule has 0 saturated heterocycles. The van der Waals surface area contributed by atoms with Crippen molar-refractivity contribution in [2.75, 3.05) is 7.11 Å². The maximum Gasteiger partial charge on any atom is 0.342 e. The number of fused-ring (bicyclic) bond motifs is 1. The van der Waals surface area contributed by atoms with Crippen LogP contribution in [0.1, 0.15) is 21.5 Å². The van der Waals surface area contributed by atoms with E-state index in [1.807, 2.05) is 36.4 Å². The molecule has 114 valence electrons. The molecule has 3 heteroatoms. The Labute approximate surface area is 134 Å². The summed E-state index contributed by atoms with van der Waals surface area (Å²) in [6.07, 6.45) is 3.75. The van der Waals surface area contributed by atoms with E-state index in [0.717, 1.165) is 16.3 Å². The van der Waals surface area contributed by atoms with E-state index in [0.29, 0.717) is 5.56 Å². The number of phenolic OH excluding ortho intramolecular Hbond substituents is 1. The fraction of sp³-hybridized carbons (Fsp3) is 0.0500. The zero-order valence-corrected chi connectivity index (χ0v) is 12.7. The summed E-state index contributed by atoms with van der Waals surface area (Å²) in [5, 5.41) is 12.2. The monoisotopic (exact) mass is 304 g/mol. The van der Waals surface area contributed by atoms with E-state index in [9.17, 15) is 9.90 Å². The van der Waals surface area contributed by atoms with E-state index in [-0.39, 0.29) is 11.3 Å². The summed E-state index contributed by atoms with van der Waals surface area (Å²) < 4.78 is 4.75. The molecule has 3 rings (SSSR count). The van der Waals surface area contributed by atoms with Crippen molar-refractivity contribution in [3.63, 3.8) is 0 Å². The van der Waals surface area contributed by atoms with Crippen LogP contribution in [0.2, 0.25) is 0 Å². The van der Waals surface area contributed by atoms with Crippen LogP contribution in [0.25, 0.3) is 22.9 Å². The van der Waals surface area contributed by atoms with Crippen molar-refractivity contribution in [1.29, 1.82) is 0 Å². The molecule has 0 amide bonds. The molecule has 0 saturated carbocycles. The molecule has 0 spiro atoms. The predicted molar refractivity (Wildman–Crippen MR) is 92.3 cm³/mol. The Hall–Kier alpha value is -3.07. The average Bonchev–Trinajstić information content (AvgIpc) is 2.59. The third-order valence-corrected chi connectivity index (χ3v) is 3.73. The van der Waals surface area contributed by atoms with Crippen LogP contribution in [-0.2, 0) is 4.74 Å². The van der Waals surface area contributed by atoms with Gasteiger partial charge in [0.05, 0.1) is 7.11 Å². The van der Waals surface area contributed by atoms with Crippen LogP contribution in [0.15, 0.2) is 60.7 Å². The molecule has 0 aliphatic rings. The molecular formula is C20H16O3. The van der Waals surface area contributed by atoms with Crippen molar-refractivity contribution in [3.05, 3.63) is 77.4 Å². The molecule has 0 unspecified atom stereocenters. The fourth-order valence-corrected chi connectivity index (χ4v) is 2.60. The van der Waals surface area contributed by atoms with Crippen LogP contribution in [0, 0.1) is 0 Å². The topological polar surface area (TPSA) is 46.5 Å². The predicted octanol–water partition coefficient (Wildman–Crippen LogP) is 4.50. The lowest BCUT2D eigenvalue weighted by Crippen LogP contribution is -2.03. The van der Waals surface area contributed by atoms with Crippen LogP contribution in [0.4, 0.5) is 0 Å². The minimum Gasteiger partial charge on any atom is -0.507 e. The first-order chi connectivity index (χ1) is 11.2. The SMILES string of the molecule is COC(=O)c1c(O)cccc1/C=C/c1cccc2ccccc12. The summed E-state index contributed by atoms with van der Waals surface area (Å²) in [6, 6.07) is 19.1. The first-order valence-electron chi connectivity index (χ1n) is 7.27. The van der Waals surface area contributed by atoms with Crippen molar-refractivity contribution in [2.45, 2.75) is 0 Å². The Morgan fingerprint density at radius 1 is 0.913 bits per heavy atom. The van der Waals surface area contributed by atoms with Gasteiger partial charge in [-0.2, -0.15) is 0 Å². The van der Waals surface area contributed by atoms with Gasteiger partial charge in [-0.3, -0.25) is 0 Å². The molecule has 3 aromatic carbocycles. The summed E-state index contributed by atoms with van der Waals surface area (Å²) >= 11 is 0. The highest BCUT2D eigenvalue weighted by atomic mass is 16.5. The molecule has 0 atom stereocenters. The number of phenols is 1. The normalized spacial score (nSPS) is 11.0. The second-order valence-electron chi connectivity index (χ2n) is 5.13. The van der Waals surface area contributed by atoms with Crippen molar-refractivity contribution < 1.29 is 14.6 Å². The second kappa shape index (κ2) is 6.36. The Kier molecular flexibility index (Phi) is 4.11. The summed E-state index contributed by atoms with van der Waals surface area (Å²) in [6.45, 7) is 0. The number of carbonyl (C=O) groups is 1. The van der Waals surface area contributed by atoms with Crippen LogP contribution < -0.4 is 0 Å². The first-order valence-corrected chi connectivity index (χ1v) is 7.27. The Morgan fingerprint density at radius 3 is 2.39 bits per heavy atom. The van der Waals surface area contributed by atoms with Gasteiger partial charge in [0.2, 0.25) is 0 Å². The van der Waals surface area contributed by atoms with E-state index in [1.54, 1.807) is 12.1 Å². The highest BCUT2D eigenvalue weighted by Crippen LogP contribution is 2.25. The molecule has 0 heterocycles. The summed E-state index contributed by atoms with van der Waals surface area (Å²) in [5.41, 5.74) is 1.83. The minimum atomic E-state index is -0.555. The number of esters is 1. The Bertz CT molecular complexity index is 889. The molecule has 0 bridgehead atoms. The number of hydrogen-bond donors (Lipinski definition) is 1. The van der Waals surface area contributed by atoms with Crippen LogP contribution in [0.5, 0.6) is 5.75 Å². The zero-order chi connectivity index (χ0) is 16.2. The van der Waals surface area contributed by atoms with Crippen molar-refractivity contribution in [1.82, 2.24) is 0 Å². The highest BCUT2D eigenvalue weighted by Gasteiger charge is 2.14. The van der Waals surface area contributed by atoms with Crippen LogP contribution in [-0.4, -0.2) is 18.2 Å². The van der Waals surface area contributed by atoms with E-state index in [1.165, 1.54) is 13.2 Å². The number of rotatable bonds is 3. The molecule has 0 radical (unpaired) electrons. The largest absolute Gasteiger partial charge is 0.507 e. The van der Waals surface area contributed by atoms with Crippen molar-refractivity contribution in [2.24, 2.45) is 0 Å². The number of ether oxygens (including phenoxy) is 1. The van der Waals surface area contributed by atoms with Crippen LogP contribution >= 0.6 is 0 Å². The maximum absolute atomic E-state index is 11.9. The van der Waals surface area contributed by atoms with Gasteiger partial charge in [0.1, 0.15) is 11.3 Å². The summed E-state index contributed by atoms with van der Waals surface area (Å²) in [7, 11) is 1.30. The lowest BCUT2D eigenvalue weighted by atomic mass is 10.0. The highest BCUT2D eigenvalue weighted by molar-refractivity contribution is 5.99. The van der Waals surface area contributed by atoms with Gasteiger partial charge in [-0.05, 0) is 28.0 Å². The molecule has 0 aliphatic heterocycles. The molecule has 0 aliphatic carbocycles. The first kappa shape index (κ1) is 14.9. The lowest BCUT2D eigenvalue weighted by Gasteiger charge is -2.07. The summed E-state index contributed by atoms with van der Waals surface area (Å²) in [5.74, 6) is -0.641. The van der Waals surface area contributed by atoms with Crippen molar-refractivity contribution >= 4 is 28.9 Å². The van der Waals surface area contributed by atoms with Gasteiger partial charge in [-0.1, -0.05) is 66.7 Å². The molecule has 0 aromatic heterocycles. The van der Waals surface area contributed by atoms with E-state index in [2.05, 4.69) is 18.2 Å². The molecule has 1 N–H and O–H groups in total. The molecular weight excluding hydrogens is 288 g/mol. The molecule has 3 nitrogen and oxygen atoms in total. The van der Waals surface area contributed by atoms with Gasteiger partial charge < -0.3 is 9.84 Å². The fourth-order valence-electron chi connectivity index (χ4n) is 2.60. The second-order valence-corrected chi connectivity index (χ2v) is 5.13. The van der Waals surface area contributed by atoms with Gasteiger partial charge >= 0.3 is 5.97 Å². The van der Waals surface area contributed by atoms with E-state index in [4.69, 9.17) is 4.74 Å². The quantitative estimate of drug-likeness (QED) is 0.572. The number of benzene rings is 3. The van der Waals surface area contributed by atoms with Gasteiger partial charge in [0.15, 0.2) is 0 Å². The molecule has 0 fully saturated rings. The Balaban J connectivity index is 2.06. The number of methoxy groups -OCH3 is 1. The third kappa shape index (κ3) is 2.94. The third-order valence-electron chi connectivity index (χ3n) is 3.73. The van der Waals surface area contributed by atoms with Crippen LogP contribution in [0.3, 0.4) is 0 Å². The molecule has 23 heavy (non-hydrogen) atoms. The van der Waals surface area contributed by atoms with Gasteiger partial charge in [-0.15, -0.1) is 0 Å². The van der Waals surface area contributed by atoms with Gasteiger partial charge in [-0.25, -0.2) is 4.79 Å².